The minimum absolute atomic E-state index is 0.0595. The van der Waals surface area contributed by atoms with Gasteiger partial charge in [-0.25, -0.2) is 0 Å². The summed E-state index contributed by atoms with van der Waals surface area (Å²) in [4.78, 5) is 27.9. The zero-order valence-electron chi connectivity index (χ0n) is 52.5. The summed E-state index contributed by atoms with van der Waals surface area (Å²) in [5.41, 5.74) is 11.0. The Kier molecular flexibility index (Phi) is 17.5. The van der Waals surface area contributed by atoms with Gasteiger partial charge in [-0.2, -0.15) is 20.3 Å². The Hall–Kier alpha value is -3.70. The Morgan fingerprint density at radius 1 is 0.269 bits per heavy atom. The molecule has 0 aliphatic carbocycles. The van der Waals surface area contributed by atoms with Crippen molar-refractivity contribution in [3.63, 3.8) is 0 Å². The zero-order valence-corrected chi connectivity index (χ0v) is 52.5. The smallest absolute Gasteiger partial charge is 0.102 e. The van der Waals surface area contributed by atoms with Gasteiger partial charge in [-0.15, -0.1) is 0 Å². The van der Waals surface area contributed by atoms with E-state index in [0.29, 0.717) is 0 Å². The van der Waals surface area contributed by atoms with Crippen LogP contribution < -0.4 is 0 Å². The van der Waals surface area contributed by atoms with Gasteiger partial charge in [-0.3, -0.25) is 19.4 Å². The summed E-state index contributed by atoms with van der Waals surface area (Å²) in [6.07, 6.45) is 13.2. The van der Waals surface area contributed by atoms with Crippen molar-refractivity contribution in [1.82, 2.24) is 20.3 Å². The average Bonchev–Trinajstić information content (AvgIpc) is 3.37. The number of hydrogen-bond donors (Lipinski definition) is 0. The second-order valence-electron chi connectivity index (χ2n) is 29.3. The van der Waals surface area contributed by atoms with E-state index in [-0.39, 0.29) is 68.7 Å². The highest BCUT2D eigenvalue weighted by molar-refractivity contribution is 6.04. The third-order valence-electron chi connectivity index (χ3n) is 18.7. The number of nitrogens with zero attached hydrogens (tertiary/aromatic N) is 4. The van der Waals surface area contributed by atoms with E-state index in [1.165, 1.54) is 25.7 Å². The Balaban J connectivity index is 1.23. The summed E-state index contributed by atoms with van der Waals surface area (Å²) in [5, 5.41) is 9.16. The number of hydrogen-bond acceptors (Lipinski definition) is 8. The molecule has 4 aromatic rings. The largest absolute Gasteiger partial charge is 0.290 e. The Morgan fingerprint density at radius 3 is 0.551 bits per heavy atom. The third kappa shape index (κ3) is 13.0. The van der Waals surface area contributed by atoms with Crippen molar-refractivity contribution in [2.24, 2.45) is 0 Å². The van der Waals surface area contributed by atoms with Crippen molar-refractivity contribution in [2.45, 2.75) is 284 Å². The number of rotatable bonds is 16. The van der Waals surface area contributed by atoms with E-state index in [1.807, 2.05) is 0 Å². The third-order valence-corrected chi connectivity index (χ3v) is 18.7. The van der Waals surface area contributed by atoms with E-state index in [1.54, 1.807) is 0 Å². The summed E-state index contributed by atoms with van der Waals surface area (Å²) in [7, 11) is 0. The quantitative estimate of drug-likeness (QED) is 0.103. The van der Waals surface area contributed by atoms with Crippen LogP contribution in [-0.2, 0) is 19.4 Å². The van der Waals surface area contributed by atoms with Gasteiger partial charge in [0.25, 0.3) is 0 Å². The molecule has 4 aromatic carbocycles. The lowest BCUT2D eigenvalue weighted by atomic mass is 9.82. The highest BCUT2D eigenvalue weighted by Gasteiger charge is 2.47. The molecule has 8 rings (SSSR count). The van der Waals surface area contributed by atoms with Gasteiger partial charge in [-0.1, -0.05) is 97.1 Å². The fourth-order valence-corrected chi connectivity index (χ4v) is 14.5. The first-order chi connectivity index (χ1) is 36.2. The van der Waals surface area contributed by atoms with Gasteiger partial charge in [0.1, 0.15) is 24.4 Å². The van der Waals surface area contributed by atoms with Crippen LogP contribution in [0.15, 0.2) is 97.1 Å². The lowest BCUT2D eigenvalue weighted by Gasteiger charge is -2.52. The normalized spacial score (nSPS) is 24.4. The molecule has 0 aromatic heterocycles. The highest BCUT2D eigenvalue weighted by Crippen LogP contribution is 2.46. The topological polar surface area (TPSA) is 49.9 Å². The molecule has 4 atom stereocenters. The zero-order chi connectivity index (χ0) is 57.0. The summed E-state index contributed by atoms with van der Waals surface area (Å²) in [5.74, 6) is 0. The van der Waals surface area contributed by atoms with Crippen LogP contribution in [0, 0.1) is 0 Å². The van der Waals surface area contributed by atoms with E-state index in [0.717, 1.165) is 107 Å². The molecule has 0 spiro atoms. The maximum absolute atomic E-state index is 6.98. The van der Waals surface area contributed by atoms with Gasteiger partial charge in [-0.05, 0) is 271 Å². The number of benzene rings is 4. The monoisotopic (exact) mass is 1060 g/mol. The Bertz CT molecular complexity index is 2240. The lowest BCUT2D eigenvalue weighted by molar-refractivity contribution is -0.304. The van der Waals surface area contributed by atoms with Crippen molar-refractivity contribution >= 4 is 11.1 Å². The molecule has 4 aliphatic heterocycles. The van der Waals surface area contributed by atoms with Gasteiger partial charge in [0.2, 0.25) is 0 Å². The number of piperidine rings is 4. The Labute approximate surface area is 474 Å². The number of hydroxylamine groups is 8. The van der Waals surface area contributed by atoms with Crippen LogP contribution in [0.4, 0.5) is 0 Å². The first kappa shape index (κ1) is 60.4. The predicted octanol–water partition coefficient (Wildman–Crippen LogP) is 18.8. The van der Waals surface area contributed by atoms with Crippen LogP contribution in [0.25, 0.3) is 11.1 Å². The van der Waals surface area contributed by atoms with E-state index in [2.05, 4.69) is 256 Å². The first-order valence-corrected chi connectivity index (χ1v) is 30.3. The maximum Gasteiger partial charge on any atom is 0.102 e. The predicted molar refractivity (Wildman–Crippen MR) is 324 cm³/mol. The molecule has 78 heavy (non-hydrogen) atoms. The fourth-order valence-electron chi connectivity index (χ4n) is 14.5. The molecule has 4 unspecified atom stereocenters. The van der Waals surface area contributed by atoms with Crippen molar-refractivity contribution in [1.29, 1.82) is 0 Å². The summed E-state index contributed by atoms with van der Waals surface area (Å²) < 4.78 is 0. The summed E-state index contributed by atoms with van der Waals surface area (Å²) >= 11 is 0. The van der Waals surface area contributed by atoms with E-state index in [4.69, 9.17) is 19.4 Å². The summed E-state index contributed by atoms with van der Waals surface area (Å²) in [6.45, 7) is 45.9. The van der Waals surface area contributed by atoms with Crippen LogP contribution in [-0.4, -0.2) is 64.6 Å². The summed E-state index contributed by atoms with van der Waals surface area (Å²) in [6, 6.07) is 36.8. The van der Waals surface area contributed by atoms with E-state index < -0.39 is 0 Å². The van der Waals surface area contributed by atoms with Crippen molar-refractivity contribution < 1.29 is 19.4 Å². The molecule has 4 aliphatic rings. The maximum atomic E-state index is 6.98. The minimum Gasteiger partial charge on any atom is -0.290 e. The highest BCUT2D eigenvalue weighted by atomic mass is 16.7. The molecule has 0 N–H and O–H groups in total. The average molecular weight is 1070 g/mol. The minimum atomic E-state index is -0.131. The molecular weight excluding hydrogens is 961 g/mol. The lowest BCUT2D eigenvalue weighted by Crippen LogP contribution is -2.58. The molecule has 8 heteroatoms. The van der Waals surface area contributed by atoms with Crippen LogP contribution in [0.3, 0.4) is 0 Å². The molecule has 0 amide bonds. The van der Waals surface area contributed by atoms with Crippen LogP contribution >= 0.6 is 0 Å². The van der Waals surface area contributed by atoms with Gasteiger partial charge in [0, 0.05) is 44.3 Å². The molecule has 0 bridgehead atoms. The molecule has 428 valence electrons. The van der Waals surface area contributed by atoms with Crippen molar-refractivity contribution in [3.05, 3.63) is 142 Å². The first-order valence-electron chi connectivity index (χ1n) is 30.3. The van der Waals surface area contributed by atoms with Crippen LogP contribution in [0.5, 0.6) is 0 Å². The molecule has 0 saturated carbocycles. The van der Waals surface area contributed by atoms with Gasteiger partial charge in [0.05, 0.1) is 0 Å². The molecule has 8 nitrogen and oxygen atoms in total. The van der Waals surface area contributed by atoms with Crippen LogP contribution in [0.1, 0.15) is 284 Å². The van der Waals surface area contributed by atoms with E-state index >= 15 is 0 Å². The molecular formula is C70H104N4O4. The van der Waals surface area contributed by atoms with Crippen molar-refractivity contribution in [2.75, 3.05) is 0 Å². The molecule has 4 saturated heterocycles. The fraction of sp³-hybridized carbons (Fsp3) is 0.629. The van der Waals surface area contributed by atoms with Gasteiger partial charge in [0.15, 0.2) is 0 Å². The molecule has 0 radical (unpaired) electrons. The second-order valence-corrected chi connectivity index (χ2v) is 29.3. The molecule has 4 heterocycles. The SMILES string of the molecule is CC(ON1C(C)(C)CCCC1(C)C)c1ccc(C(=C(c2ccc(C(C)ON3C(C)(C)CCCC3(C)C)cc2)c2ccc(C(C)ON3C(C)(C)CCCC3(C)C)cc2)c2ccc(C(C)ON3C(C)(C)CCCC3(C)C)cc2)cc1. The van der Waals surface area contributed by atoms with Gasteiger partial charge < -0.3 is 0 Å². The Morgan fingerprint density at radius 2 is 0.410 bits per heavy atom. The second kappa shape index (κ2) is 22.6. The standard InChI is InChI=1S/C70H104N4O4/c1-49(75-71-63(5,6)41-21-42-64(71,7)8)53-25-33-57(34-26-53)61(58-35-27-54(28-36-58)50(2)76-72-65(9,10)43-22-44-66(72,11)12)62(59-37-29-55(30-38-59)51(3)77-73-67(13,14)45-23-46-68(73,15)16)60-39-31-56(32-40-60)52(4)78-74-69(17,18)47-24-48-70(74,19)20/h25-40,49-52H,21-24,41-48H2,1-20H3. The van der Waals surface area contributed by atoms with Crippen molar-refractivity contribution in [3.8, 4) is 0 Å². The van der Waals surface area contributed by atoms with Gasteiger partial charge >= 0.3 is 0 Å². The molecule has 4 fully saturated rings. The van der Waals surface area contributed by atoms with E-state index in [9.17, 15) is 0 Å². The van der Waals surface area contributed by atoms with Crippen LogP contribution in [0.2, 0.25) is 0 Å².